The SMILES string of the molecule is CC(C=O)N(C(=O)O)c1ccc2c(c1)OCCO2. The molecule has 96 valence electrons. The minimum atomic E-state index is -1.19. The Bertz CT molecular complexity index is 474. The van der Waals surface area contributed by atoms with Crippen LogP contribution in [0.4, 0.5) is 10.5 Å². The van der Waals surface area contributed by atoms with Crippen LogP contribution >= 0.6 is 0 Å². The second kappa shape index (κ2) is 4.95. The molecule has 18 heavy (non-hydrogen) atoms. The van der Waals surface area contributed by atoms with Crippen LogP contribution in [0.25, 0.3) is 0 Å². The molecule has 1 aliphatic heterocycles. The Morgan fingerprint density at radius 2 is 2.06 bits per heavy atom. The van der Waals surface area contributed by atoms with Crippen LogP contribution in [-0.4, -0.2) is 36.7 Å². The van der Waals surface area contributed by atoms with E-state index in [2.05, 4.69) is 0 Å². The fourth-order valence-corrected chi connectivity index (χ4v) is 1.76. The summed E-state index contributed by atoms with van der Waals surface area (Å²) in [5.41, 5.74) is 0.381. The first-order valence-corrected chi connectivity index (χ1v) is 5.50. The number of anilines is 1. The molecule has 6 nitrogen and oxygen atoms in total. The first-order chi connectivity index (χ1) is 8.63. The molecule has 0 saturated heterocycles. The molecule has 2 rings (SSSR count). The summed E-state index contributed by atoms with van der Waals surface area (Å²) in [7, 11) is 0. The summed E-state index contributed by atoms with van der Waals surface area (Å²) in [6, 6.07) is 4.02. The van der Waals surface area contributed by atoms with Crippen LogP contribution in [0, 0.1) is 0 Å². The second-order valence-corrected chi connectivity index (χ2v) is 3.86. The van der Waals surface area contributed by atoms with E-state index in [9.17, 15) is 9.59 Å². The molecule has 1 atom stereocenters. The normalized spacial score (nSPS) is 14.7. The summed E-state index contributed by atoms with van der Waals surface area (Å²) in [6.45, 7) is 2.41. The van der Waals surface area contributed by atoms with Gasteiger partial charge in [-0.3, -0.25) is 4.90 Å². The molecule has 6 heteroatoms. The van der Waals surface area contributed by atoms with Gasteiger partial charge in [-0.15, -0.1) is 0 Å². The predicted octanol–water partition coefficient (Wildman–Crippen LogP) is 1.53. The third-order valence-corrected chi connectivity index (χ3v) is 2.61. The Morgan fingerprint density at radius 3 is 2.67 bits per heavy atom. The minimum absolute atomic E-state index is 0.381. The van der Waals surface area contributed by atoms with E-state index in [1.165, 1.54) is 6.92 Å². The van der Waals surface area contributed by atoms with Gasteiger partial charge in [-0.1, -0.05) is 0 Å². The van der Waals surface area contributed by atoms with E-state index in [-0.39, 0.29) is 0 Å². The Morgan fingerprint density at radius 1 is 1.39 bits per heavy atom. The summed E-state index contributed by atoms with van der Waals surface area (Å²) in [5.74, 6) is 1.07. The zero-order valence-corrected chi connectivity index (χ0v) is 9.83. The van der Waals surface area contributed by atoms with E-state index in [4.69, 9.17) is 14.6 Å². The van der Waals surface area contributed by atoms with Gasteiger partial charge in [0.05, 0.1) is 11.7 Å². The highest BCUT2D eigenvalue weighted by atomic mass is 16.6. The first-order valence-electron chi connectivity index (χ1n) is 5.50. The van der Waals surface area contributed by atoms with Crippen LogP contribution in [0.15, 0.2) is 18.2 Å². The fourth-order valence-electron chi connectivity index (χ4n) is 1.76. The van der Waals surface area contributed by atoms with Crippen molar-refractivity contribution in [1.82, 2.24) is 0 Å². The maximum absolute atomic E-state index is 11.2. The molecule has 1 heterocycles. The smallest absolute Gasteiger partial charge is 0.412 e. The van der Waals surface area contributed by atoms with E-state index < -0.39 is 12.1 Å². The average Bonchev–Trinajstić information content (AvgIpc) is 2.38. The number of amides is 1. The largest absolute Gasteiger partial charge is 0.486 e. The molecule has 0 aliphatic carbocycles. The quantitative estimate of drug-likeness (QED) is 0.824. The molecule has 1 N–H and O–H groups in total. The molecule has 0 aromatic heterocycles. The lowest BCUT2D eigenvalue weighted by molar-refractivity contribution is -0.108. The number of nitrogens with zero attached hydrogens (tertiary/aromatic N) is 1. The molecule has 0 radical (unpaired) electrons. The van der Waals surface area contributed by atoms with Crippen molar-refractivity contribution in [3.63, 3.8) is 0 Å². The Kier molecular flexibility index (Phi) is 3.36. The van der Waals surface area contributed by atoms with Gasteiger partial charge < -0.3 is 19.4 Å². The lowest BCUT2D eigenvalue weighted by atomic mass is 10.2. The van der Waals surface area contributed by atoms with E-state index >= 15 is 0 Å². The maximum Gasteiger partial charge on any atom is 0.412 e. The Balaban J connectivity index is 2.36. The van der Waals surface area contributed by atoms with Gasteiger partial charge in [0.2, 0.25) is 0 Å². The molecule has 1 aromatic rings. The number of hydrogen-bond donors (Lipinski definition) is 1. The number of carbonyl (C=O) groups is 2. The molecular weight excluding hydrogens is 238 g/mol. The maximum atomic E-state index is 11.2. The first kappa shape index (κ1) is 12.2. The monoisotopic (exact) mass is 251 g/mol. The topological polar surface area (TPSA) is 76.1 Å². The van der Waals surface area contributed by atoms with Crippen LogP contribution in [0.3, 0.4) is 0 Å². The third kappa shape index (κ3) is 2.22. The van der Waals surface area contributed by atoms with Crippen molar-refractivity contribution in [2.24, 2.45) is 0 Å². The van der Waals surface area contributed by atoms with E-state index in [0.29, 0.717) is 36.7 Å². The van der Waals surface area contributed by atoms with Crippen molar-refractivity contribution in [3.8, 4) is 11.5 Å². The highest BCUT2D eigenvalue weighted by molar-refractivity contribution is 5.91. The molecule has 1 amide bonds. The Hall–Kier alpha value is -2.24. The second-order valence-electron chi connectivity index (χ2n) is 3.86. The van der Waals surface area contributed by atoms with Crippen LogP contribution in [0.1, 0.15) is 6.92 Å². The predicted molar refractivity (Wildman–Crippen MR) is 63.5 cm³/mol. The van der Waals surface area contributed by atoms with Crippen molar-refractivity contribution < 1.29 is 24.2 Å². The Labute approximate surface area is 104 Å². The summed E-state index contributed by atoms with van der Waals surface area (Å²) in [6.07, 6.45) is -0.614. The minimum Gasteiger partial charge on any atom is -0.486 e. The summed E-state index contributed by atoms with van der Waals surface area (Å²) in [4.78, 5) is 22.9. The van der Waals surface area contributed by atoms with Crippen LogP contribution < -0.4 is 14.4 Å². The van der Waals surface area contributed by atoms with Crippen LogP contribution in [0.2, 0.25) is 0 Å². The number of carboxylic acid groups (broad SMARTS) is 1. The summed E-state index contributed by atoms with van der Waals surface area (Å²) < 4.78 is 10.7. The molecule has 0 fully saturated rings. The van der Waals surface area contributed by atoms with Crippen molar-refractivity contribution in [3.05, 3.63) is 18.2 Å². The number of carbonyl (C=O) groups excluding carboxylic acids is 1. The van der Waals surface area contributed by atoms with Gasteiger partial charge in [-0.25, -0.2) is 4.79 Å². The van der Waals surface area contributed by atoms with Gasteiger partial charge in [0, 0.05) is 6.07 Å². The summed E-state index contributed by atoms with van der Waals surface area (Å²) in [5, 5.41) is 9.13. The zero-order chi connectivity index (χ0) is 13.1. The molecule has 0 spiro atoms. The number of hydrogen-bond acceptors (Lipinski definition) is 4. The lowest BCUT2D eigenvalue weighted by Gasteiger charge is -2.25. The number of benzene rings is 1. The van der Waals surface area contributed by atoms with Crippen LogP contribution in [0.5, 0.6) is 11.5 Å². The van der Waals surface area contributed by atoms with E-state index in [1.54, 1.807) is 18.2 Å². The highest BCUT2D eigenvalue weighted by Gasteiger charge is 2.23. The van der Waals surface area contributed by atoms with Gasteiger partial charge in [-0.05, 0) is 19.1 Å². The highest BCUT2D eigenvalue weighted by Crippen LogP contribution is 2.34. The third-order valence-electron chi connectivity index (χ3n) is 2.61. The van der Waals surface area contributed by atoms with Crippen molar-refractivity contribution in [2.75, 3.05) is 18.1 Å². The molecule has 1 aliphatic rings. The molecule has 0 bridgehead atoms. The van der Waals surface area contributed by atoms with E-state index in [0.717, 1.165) is 4.90 Å². The fraction of sp³-hybridized carbons (Fsp3) is 0.333. The summed E-state index contributed by atoms with van der Waals surface area (Å²) >= 11 is 0. The molecule has 1 unspecified atom stereocenters. The number of aldehydes is 1. The van der Waals surface area contributed by atoms with Crippen molar-refractivity contribution in [2.45, 2.75) is 13.0 Å². The number of fused-ring (bicyclic) bond motifs is 1. The van der Waals surface area contributed by atoms with Gasteiger partial charge in [0.15, 0.2) is 11.5 Å². The van der Waals surface area contributed by atoms with Gasteiger partial charge in [-0.2, -0.15) is 0 Å². The molecule has 0 saturated carbocycles. The van der Waals surface area contributed by atoms with Crippen LogP contribution in [-0.2, 0) is 4.79 Å². The average molecular weight is 251 g/mol. The van der Waals surface area contributed by atoms with Gasteiger partial charge in [0.25, 0.3) is 0 Å². The molecule has 1 aromatic carbocycles. The van der Waals surface area contributed by atoms with Crippen molar-refractivity contribution in [1.29, 1.82) is 0 Å². The number of rotatable bonds is 3. The van der Waals surface area contributed by atoms with E-state index in [1.807, 2.05) is 0 Å². The lowest BCUT2D eigenvalue weighted by Crippen LogP contribution is -2.38. The number of ether oxygens (including phenoxy) is 2. The molecular formula is C12H13NO5. The van der Waals surface area contributed by atoms with Gasteiger partial charge in [0.1, 0.15) is 19.5 Å². The zero-order valence-electron chi connectivity index (χ0n) is 9.83. The van der Waals surface area contributed by atoms with Crippen molar-refractivity contribution >= 4 is 18.1 Å². The standard InChI is InChI=1S/C12H13NO5/c1-8(7-14)13(12(15)16)9-2-3-10-11(6-9)18-5-4-17-10/h2-3,6-8H,4-5H2,1H3,(H,15,16). The van der Waals surface area contributed by atoms with Gasteiger partial charge >= 0.3 is 6.09 Å².